The van der Waals surface area contributed by atoms with Crippen molar-refractivity contribution in [2.45, 2.75) is 6.43 Å². The maximum atomic E-state index is 12.8. The molecule has 1 N–H and O–H groups in total. The Morgan fingerprint density at radius 1 is 1.56 bits per heavy atom. The number of carboxylic acids is 1. The van der Waals surface area contributed by atoms with Crippen molar-refractivity contribution < 1.29 is 28.0 Å². The van der Waals surface area contributed by atoms with Crippen LogP contribution in [-0.4, -0.2) is 21.0 Å². The molecule has 16 heavy (non-hydrogen) atoms. The average Bonchev–Trinajstić information content (AvgIpc) is 2.15. The lowest BCUT2D eigenvalue weighted by molar-refractivity contribution is -0.388. The second-order valence-electron chi connectivity index (χ2n) is 2.59. The third kappa shape index (κ3) is 2.07. The Morgan fingerprint density at radius 2 is 2.12 bits per heavy atom. The second-order valence-corrected chi connectivity index (χ2v) is 2.59. The molecule has 1 heterocycles. The highest BCUT2D eigenvalue weighted by atomic mass is 19.3. The van der Waals surface area contributed by atoms with Crippen molar-refractivity contribution in [2.75, 3.05) is 0 Å². The summed E-state index contributed by atoms with van der Waals surface area (Å²) < 4.78 is 37.3. The van der Waals surface area contributed by atoms with Crippen LogP contribution in [0.1, 0.15) is 22.5 Å². The molecule has 86 valence electrons. The van der Waals surface area contributed by atoms with Crippen LogP contribution in [0.2, 0.25) is 0 Å². The number of hydrogen-bond acceptors (Lipinski definition) is 4. The lowest BCUT2D eigenvalue weighted by Crippen LogP contribution is -2.09. The van der Waals surface area contributed by atoms with Gasteiger partial charge in [0.15, 0.2) is 0 Å². The Balaban J connectivity index is 3.49. The normalized spacial score (nSPS) is 10.5. The summed E-state index contributed by atoms with van der Waals surface area (Å²) in [6.07, 6.45) is -3.33. The van der Waals surface area contributed by atoms with E-state index in [-0.39, 0.29) is 6.07 Å². The number of nitro groups is 1. The minimum atomic E-state index is -3.33. The van der Waals surface area contributed by atoms with Crippen molar-refractivity contribution in [2.24, 2.45) is 0 Å². The second kappa shape index (κ2) is 4.13. The summed E-state index contributed by atoms with van der Waals surface area (Å²) in [6, 6.07) is 0.214. The van der Waals surface area contributed by atoms with Crippen LogP contribution in [0.25, 0.3) is 0 Å². The van der Waals surface area contributed by atoms with E-state index in [9.17, 15) is 28.1 Å². The van der Waals surface area contributed by atoms with E-state index >= 15 is 0 Å². The largest absolute Gasteiger partial charge is 0.478 e. The molecule has 1 rings (SSSR count). The van der Waals surface area contributed by atoms with Gasteiger partial charge in [0, 0.05) is 6.07 Å². The van der Waals surface area contributed by atoms with Crippen LogP contribution in [0.4, 0.5) is 18.9 Å². The lowest BCUT2D eigenvalue weighted by Gasteiger charge is -2.03. The van der Waals surface area contributed by atoms with E-state index in [2.05, 4.69) is 4.98 Å². The van der Waals surface area contributed by atoms with Crippen LogP contribution in [0.3, 0.4) is 0 Å². The van der Waals surface area contributed by atoms with Crippen LogP contribution in [0.15, 0.2) is 6.07 Å². The summed E-state index contributed by atoms with van der Waals surface area (Å²) in [5.74, 6) is -3.59. The molecule has 1 aromatic rings. The van der Waals surface area contributed by atoms with Gasteiger partial charge >= 0.3 is 11.7 Å². The fourth-order valence-corrected chi connectivity index (χ4v) is 0.959. The van der Waals surface area contributed by atoms with Crippen molar-refractivity contribution in [3.05, 3.63) is 33.4 Å². The highest BCUT2D eigenvalue weighted by Crippen LogP contribution is 2.26. The molecule has 0 bridgehead atoms. The van der Waals surface area contributed by atoms with Gasteiger partial charge in [-0.15, -0.1) is 0 Å². The quantitative estimate of drug-likeness (QED) is 0.490. The fraction of sp³-hybridized carbons (Fsp3) is 0.143. The molecule has 0 radical (unpaired) electrons. The molecule has 0 aliphatic heterocycles. The predicted molar refractivity (Wildman–Crippen MR) is 42.8 cm³/mol. The van der Waals surface area contributed by atoms with Crippen LogP contribution >= 0.6 is 0 Å². The summed E-state index contributed by atoms with van der Waals surface area (Å²) >= 11 is 0. The minimum Gasteiger partial charge on any atom is -0.478 e. The number of nitrogens with zero attached hydrogens (tertiary/aromatic N) is 2. The predicted octanol–water partition coefficient (Wildman–Crippen LogP) is 1.76. The first-order chi connectivity index (χ1) is 7.34. The van der Waals surface area contributed by atoms with Gasteiger partial charge < -0.3 is 5.11 Å². The Morgan fingerprint density at radius 3 is 2.50 bits per heavy atom. The monoisotopic (exact) mass is 236 g/mol. The molecular formula is C7H3F3N2O4. The Bertz CT molecular complexity index is 463. The van der Waals surface area contributed by atoms with Crippen molar-refractivity contribution >= 4 is 11.7 Å². The number of carbonyl (C=O) groups is 1. The first-order valence-corrected chi connectivity index (χ1v) is 3.71. The number of hydrogen-bond donors (Lipinski definition) is 1. The molecule has 0 unspecified atom stereocenters. The number of halogens is 3. The number of aromatic carboxylic acids is 1. The molecule has 0 fully saturated rings. The minimum absolute atomic E-state index is 0.214. The van der Waals surface area contributed by atoms with E-state index < -0.39 is 40.2 Å². The Hall–Kier alpha value is -2.19. The van der Waals surface area contributed by atoms with Crippen LogP contribution < -0.4 is 0 Å². The topological polar surface area (TPSA) is 93.3 Å². The first-order valence-electron chi connectivity index (χ1n) is 3.71. The van der Waals surface area contributed by atoms with Crippen molar-refractivity contribution in [1.82, 2.24) is 4.98 Å². The van der Waals surface area contributed by atoms with E-state index in [1.54, 1.807) is 0 Å². The zero-order chi connectivity index (χ0) is 12.5. The lowest BCUT2D eigenvalue weighted by atomic mass is 10.2. The molecule has 6 nitrogen and oxygen atoms in total. The number of aromatic nitrogens is 1. The Kier molecular flexibility index (Phi) is 3.06. The highest BCUT2D eigenvalue weighted by Gasteiger charge is 2.27. The van der Waals surface area contributed by atoms with Crippen LogP contribution in [0, 0.1) is 16.1 Å². The number of rotatable bonds is 3. The zero-order valence-corrected chi connectivity index (χ0v) is 7.35. The highest BCUT2D eigenvalue weighted by molar-refractivity contribution is 5.89. The Labute approximate surface area is 85.5 Å². The molecule has 0 amide bonds. The van der Waals surface area contributed by atoms with E-state index in [1.165, 1.54) is 0 Å². The van der Waals surface area contributed by atoms with Gasteiger partial charge in [-0.2, -0.15) is 4.39 Å². The first kappa shape index (κ1) is 11.9. The van der Waals surface area contributed by atoms with Gasteiger partial charge in [-0.25, -0.2) is 18.6 Å². The molecule has 0 aliphatic rings. The van der Waals surface area contributed by atoms with Crippen LogP contribution in [-0.2, 0) is 0 Å². The van der Waals surface area contributed by atoms with E-state index in [4.69, 9.17) is 5.11 Å². The van der Waals surface area contributed by atoms with Gasteiger partial charge in [-0.3, -0.25) is 10.1 Å². The van der Waals surface area contributed by atoms with Gasteiger partial charge in [0.25, 0.3) is 12.4 Å². The third-order valence-corrected chi connectivity index (χ3v) is 1.62. The van der Waals surface area contributed by atoms with Gasteiger partial charge in [-0.05, 0) is 0 Å². The number of carboxylic acid groups (broad SMARTS) is 1. The molecule has 0 saturated carbocycles. The molecule has 0 spiro atoms. The summed E-state index contributed by atoms with van der Waals surface area (Å²) in [7, 11) is 0. The number of alkyl halides is 2. The van der Waals surface area contributed by atoms with Gasteiger partial charge in [0.1, 0.15) is 5.69 Å². The molecule has 1 aromatic heterocycles. The SMILES string of the molecule is O=C(O)c1cc([N+](=O)[O-])c(F)nc1C(F)F. The molecule has 0 atom stereocenters. The molecule has 9 heteroatoms. The summed E-state index contributed by atoms with van der Waals surface area (Å²) in [6.45, 7) is 0. The summed E-state index contributed by atoms with van der Waals surface area (Å²) in [4.78, 5) is 22.0. The summed E-state index contributed by atoms with van der Waals surface area (Å²) in [5.41, 5.74) is -3.69. The smallest absolute Gasteiger partial charge is 0.338 e. The molecule has 0 saturated heterocycles. The fourth-order valence-electron chi connectivity index (χ4n) is 0.959. The maximum Gasteiger partial charge on any atom is 0.338 e. The van der Waals surface area contributed by atoms with Gasteiger partial charge in [-0.1, -0.05) is 0 Å². The van der Waals surface area contributed by atoms with Crippen molar-refractivity contribution in [3.63, 3.8) is 0 Å². The molecule has 0 aromatic carbocycles. The third-order valence-electron chi connectivity index (χ3n) is 1.62. The molecule has 0 aliphatic carbocycles. The average molecular weight is 236 g/mol. The molecular weight excluding hydrogens is 233 g/mol. The van der Waals surface area contributed by atoms with Crippen molar-refractivity contribution in [3.8, 4) is 0 Å². The zero-order valence-electron chi connectivity index (χ0n) is 7.35. The van der Waals surface area contributed by atoms with E-state index in [0.717, 1.165) is 0 Å². The standard InChI is InChI=1S/C7H3F3N2O4/c8-5(9)4-2(7(13)14)1-3(12(15)16)6(10)11-4/h1,5H,(H,13,14). The van der Waals surface area contributed by atoms with Gasteiger partial charge in [0.05, 0.1) is 10.5 Å². The van der Waals surface area contributed by atoms with E-state index in [1.807, 2.05) is 0 Å². The maximum absolute atomic E-state index is 12.8. The van der Waals surface area contributed by atoms with Crippen LogP contribution in [0.5, 0.6) is 0 Å². The van der Waals surface area contributed by atoms with E-state index in [0.29, 0.717) is 0 Å². The summed E-state index contributed by atoms with van der Waals surface area (Å²) in [5, 5.41) is 18.7. The number of pyridine rings is 1. The van der Waals surface area contributed by atoms with Gasteiger partial charge in [0.2, 0.25) is 0 Å². The van der Waals surface area contributed by atoms with Crippen molar-refractivity contribution in [1.29, 1.82) is 0 Å².